The molecule has 0 aliphatic carbocycles. The van der Waals surface area contributed by atoms with Crippen LogP contribution in [0.2, 0.25) is 5.02 Å². The highest BCUT2D eigenvalue weighted by molar-refractivity contribution is 6.30. The summed E-state index contributed by atoms with van der Waals surface area (Å²) in [5.74, 6) is -0.394. The maximum atomic E-state index is 13.1. The molecule has 3 heteroatoms. The number of hydrogen-bond donors (Lipinski definition) is 1. The lowest BCUT2D eigenvalue weighted by atomic mass is 10.1. The van der Waals surface area contributed by atoms with E-state index in [1.165, 1.54) is 12.1 Å². The highest BCUT2D eigenvalue weighted by Crippen LogP contribution is 2.19. The third-order valence-electron chi connectivity index (χ3n) is 1.58. The fourth-order valence-electron chi connectivity index (χ4n) is 0.899. The standard InChI is InChI=1S/C9H9ClFN/c1-2-9(12)7-4-3-6(10)5-8(7)11/h2-5,9H,1,12H2/t9-/m1/s1. The van der Waals surface area contributed by atoms with E-state index in [2.05, 4.69) is 6.58 Å². The third kappa shape index (κ3) is 1.84. The van der Waals surface area contributed by atoms with Gasteiger partial charge in [0.05, 0.1) is 6.04 Å². The molecule has 0 bridgehead atoms. The van der Waals surface area contributed by atoms with Crippen LogP contribution in [0.5, 0.6) is 0 Å². The van der Waals surface area contributed by atoms with Crippen LogP contribution in [0.25, 0.3) is 0 Å². The molecule has 1 nitrogen and oxygen atoms in total. The molecule has 0 saturated heterocycles. The molecule has 0 unspecified atom stereocenters. The molecule has 12 heavy (non-hydrogen) atoms. The lowest BCUT2D eigenvalue weighted by Crippen LogP contribution is -2.08. The molecule has 0 aromatic heterocycles. The van der Waals surface area contributed by atoms with E-state index in [9.17, 15) is 4.39 Å². The molecule has 0 heterocycles. The summed E-state index contributed by atoms with van der Waals surface area (Å²) >= 11 is 5.56. The number of nitrogens with two attached hydrogens (primary N) is 1. The largest absolute Gasteiger partial charge is 0.321 e. The van der Waals surface area contributed by atoms with Gasteiger partial charge in [-0.2, -0.15) is 0 Å². The first-order valence-corrected chi connectivity index (χ1v) is 3.86. The first-order valence-electron chi connectivity index (χ1n) is 3.48. The molecule has 0 amide bonds. The highest BCUT2D eigenvalue weighted by Gasteiger charge is 2.07. The Morgan fingerprint density at radius 1 is 1.58 bits per heavy atom. The molecule has 0 aliphatic heterocycles. The van der Waals surface area contributed by atoms with Gasteiger partial charge in [0.25, 0.3) is 0 Å². The monoisotopic (exact) mass is 185 g/mol. The second-order valence-electron chi connectivity index (χ2n) is 2.43. The molecule has 64 valence electrons. The number of halogens is 2. The predicted molar refractivity (Wildman–Crippen MR) is 48.5 cm³/mol. The van der Waals surface area contributed by atoms with Gasteiger partial charge in [0.1, 0.15) is 5.82 Å². The summed E-state index contributed by atoms with van der Waals surface area (Å²) in [6.45, 7) is 3.48. The van der Waals surface area contributed by atoms with Gasteiger partial charge in [-0.3, -0.25) is 0 Å². The van der Waals surface area contributed by atoms with Crippen LogP contribution in [0.3, 0.4) is 0 Å². The van der Waals surface area contributed by atoms with Crippen LogP contribution in [-0.4, -0.2) is 0 Å². The number of benzene rings is 1. The van der Waals surface area contributed by atoms with Crippen LogP contribution >= 0.6 is 11.6 Å². The van der Waals surface area contributed by atoms with Gasteiger partial charge in [0, 0.05) is 10.6 Å². The Bertz CT molecular complexity index is 299. The van der Waals surface area contributed by atoms with Gasteiger partial charge in [-0.1, -0.05) is 23.7 Å². The van der Waals surface area contributed by atoms with Crippen LogP contribution in [0, 0.1) is 5.82 Å². The summed E-state index contributed by atoms with van der Waals surface area (Å²) in [5, 5.41) is 0.368. The average molecular weight is 186 g/mol. The zero-order chi connectivity index (χ0) is 9.14. The minimum atomic E-state index is -0.470. The predicted octanol–water partition coefficient (Wildman–Crippen LogP) is 2.66. The molecule has 0 fully saturated rings. The van der Waals surface area contributed by atoms with Crippen LogP contribution in [0.1, 0.15) is 11.6 Å². The highest BCUT2D eigenvalue weighted by atomic mass is 35.5. The second-order valence-corrected chi connectivity index (χ2v) is 2.86. The van der Waals surface area contributed by atoms with Crippen molar-refractivity contribution in [2.24, 2.45) is 5.73 Å². The van der Waals surface area contributed by atoms with E-state index in [4.69, 9.17) is 17.3 Å². The summed E-state index contributed by atoms with van der Waals surface area (Å²) in [4.78, 5) is 0. The molecule has 0 aliphatic rings. The molecular weight excluding hydrogens is 177 g/mol. The van der Waals surface area contributed by atoms with Crippen LogP contribution in [-0.2, 0) is 0 Å². The fourth-order valence-corrected chi connectivity index (χ4v) is 1.06. The summed E-state index contributed by atoms with van der Waals surface area (Å²) in [7, 11) is 0. The average Bonchev–Trinajstić information content (AvgIpc) is 2.03. The fraction of sp³-hybridized carbons (Fsp3) is 0.111. The van der Waals surface area contributed by atoms with Gasteiger partial charge in [-0.15, -0.1) is 6.58 Å². The van der Waals surface area contributed by atoms with Gasteiger partial charge in [-0.25, -0.2) is 4.39 Å². The van der Waals surface area contributed by atoms with Crippen LogP contribution in [0.4, 0.5) is 4.39 Å². The van der Waals surface area contributed by atoms with Gasteiger partial charge >= 0.3 is 0 Å². The van der Waals surface area contributed by atoms with E-state index in [0.717, 1.165) is 0 Å². The first-order chi connectivity index (χ1) is 5.65. The Morgan fingerprint density at radius 2 is 2.25 bits per heavy atom. The Morgan fingerprint density at radius 3 is 2.75 bits per heavy atom. The van der Waals surface area contributed by atoms with Crippen molar-refractivity contribution in [1.29, 1.82) is 0 Å². The van der Waals surface area contributed by atoms with Crippen molar-refractivity contribution in [1.82, 2.24) is 0 Å². The lowest BCUT2D eigenvalue weighted by molar-refractivity contribution is 0.602. The van der Waals surface area contributed by atoms with Crippen molar-refractivity contribution < 1.29 is 4.39 Å². The van der Waals surface area contributed by atoms with E-state index in [-0.39, 0.29) is 0 Å². The smallest absolute Gasteiger partial charge is 0.129 e. The van der Waals surface area contributed by atoms with E-state index in [1.54, 1.807) is 12.1 Å². The molecule has 1 aromatic carbocycles. The van der Waals surface area contributed by atoms with Crippen molar-refractivity contribution in [2.75, 3.05) is 0 Å². The van der Waals surface area contributed by atoms with E-state index in [0.29, 0.717) is 10.6 Å². The summed E-state index contributed by atoms with van der Waals surface area (Å²) < 4.78 is 13.1. The molecule has 1 rings (SSSR count). The summed E-state index contributed by atoms with van der Waals surface area (Å²) in [6.07, 6.45) is 1.48. The molecule has 0 saturated carbocycles. The second kappa shape index (κ2) is 3.70. The lowest BCUT2D eigenvalue weighted by Gasteiger charge is -2.07. The van der Waals surface area contributed by atoms with Gasteiger partial charge in [0.2, 0.25) is 0 Å². The Labute approximate surface area is 75.6 Å². The molecule has 1 atom stereocenters. The Kier molecular flexibility index (Phi) is 2.84. The van der Waals surface area contributed by atoms with Crippen molar-refractivity contribution in [2.45, 2.75) is 6.04 Å². The van der Waals surface area contributed by atoms with Gasteiger partial charge in [0.15, 0.2) is 0 Å². The maximum absolute atomic E-state index is 13.1. The minimum Gasteiger partial charge on any atom is -0.321 e. The van der Waals surface area contributed by atoms with E-state index in [1.807, 2.05) is 0 Å². The maximum Gasteiger partial charge on any atom is 0.129 e. The molecular formula is C9H9ClFN. The molecule has 1 aromatic rings. The molecule has 0 spiro atoms. The normalized spacial score (nSPS) is 12.6. The zero-order valence-corrected chi connectivity index (χ0v) is 7.18. The van der Waals surface area contributed by atoms with E-state index >= 15 is 0 Å². The number of hydrogen-bond acceptors (Lipinski definition) is 1. The summed E-state index contributed by atoms with van der Waals surface area (Å²) in [5.41, 5.74) is 5.96. The van der Waals surface area contributed by atoms with Crippen molar-refractivity contribution >= 4 is 11.6 Å². The minimum absolute atomic E-state index is 0.368. The quantitative estimate of drug-likeness (QED) is 0.705. The molecule has 0 radical (unpaired) electrons. The number of rotatable bonds is 2. The molecule has 2 N–H and O–H groups in total. The first kappa shape index (κ1) is 9.23. The van der Waals surface area contributed by atoms with Gasteiger partial charge < -0.3 is 5.73 Å². The zero-order valence-electron chi connectivity index (χ0n) is 6.43. The van der Waals surface area contributed by atoms with Crippen LogP contribution in [0.15, 0.2) is 30.9 Å². The van der Waals surface area contributed by atoms with Crippen molar-refractivity contribution in [3.05, 3.63) is 47.3 Å². The SMILES string of the molecule is C=C[C@@H](N)c1ccc(Cl)cc1F. The third-order valence-corrected chi connectivity index (χ3v) is 1.81. The Hall–Kier alpha value is -0.860. The topological polar surface area (TPSA) is 26.0 Å². The van der Waals surface area contributed by atoms with Crippen molar-refractivity contribution in [3.63, 3.8) is 0 Å². The Balaban J connectivity index is 3.09. The van der Waals surface area contributed by atoms with E-state index < -0.39 is 11.9 Å². The van der Waals surface area contributed by atoms with Crippen LogP contribution < -0.4 is 5.73 Å². The van der Waals surface area contributed by atoms with Crippen molar-refractivity contribution in [3.8, 4) is 0 Å². The van der Waals surface area contributed by atoms with Gasteiger partial charge in [-0.05, 0) is 12.1 Å². The summed E-state index contributed by atoms with van der Waals surface area (Å²) in [6, 6.07) is 3.93.